The van der Waals surface area contributed by atoms with Crippen LogP contribution in [0, 0.1) is 0 Å². The summed E-state index contributed by atoms with van der Waals surface area (Å²) in [5.41, 5.74) is 2.39. The van der Waals surface area contributed by atoms with E-state index in [-0.39, 0.29) is 11.1 Å². The van der Waals surface area contributed by atoms with Crippen LogP contribution in [0.3, 0.4) is 0 Å². The summed E-state index contributed by atoms with van der Waals surface area (Å²) in [4.78, 5) is 13.8. The third kappa shape index (κ3) is 1.32. The minimum atomic E-state index is -0.893. The average molecular weight is 194 g/mol. The molecular weight excluding hydrogens is 180 g/mol. The van der Waals surface area contributed by atoms with Crippen LogP contribution in [0.1, 0.15) is 35.6 Å². The summed E-state index contributed by atoms with van der Waals surface area (Å²) in [5.74, 6) is -0.893. The number of carbonyl (C=O) groups is 1. The first-order valence-corrected chi connectivity index (χ1v) is 4.67. The van der Waals surface area contributed by atoms with E-state index < -0.39 is 5.97 Å². The highest BCUT2D eigenvalue weighted by molar-refractivity contribution is 5.86. The topological polar surface area (TPSA) is 65.1 Å². The predicted molar refractivity (Wildman–Crippen MR) is 52.5 cm³/mol. The molecule has 0 saturated heterocycles. The second-order valence-electron chi connectivity index (χ2n) is 4.38. The Hall–Kier alpha value is -1.29. The van der Waals surface area contributed by atoms with Crippen LogP contribution in [0.15, 0.2) is 6.07 Å². The lowest BCUT2D eigenvalue weighted by atomic mass is 9.84. The quantitative estimate of drug-likeness (QED) is 0.627. The minimum absolute atomic E-state index is 0.0126. The summed E-state index contributed by atoms with van der Waals surface area (Å²) in [6.07, 6.45) is 0. The van der Waals surface area contributed by atoms with E-state index >= 15 is 0 Å². The number of aromatic carboxylic acids is 1. The van der Waals surface area contributed by atoms with Gasteiger partial charge in [-0.05, 0) is 11.6 Å². The molecule has 0 atom stereocenters. The average Bonchev–Trinajstić information content (AvgIpc) is 2.48. The summed E-state index contributed by atoms with van der Waals surface area (Å²) in [7, 11) is 0. The molecule has 0 radical (unpaired) electrons. The van der Waals surface area contributed by atoms with Crippen molar-refractivity contribution in [3.8, 4) is 0 Å². The standard InChI is InChI=1S/C10H14N2O2/c1-10(2)5-11-4-6-3-7(9(13)14)12-8(6)10/h3,11-12H,4-5H2,1-2H3,(H,13,14). The Morgan fingerprint density at radius 2 is 2.29 bits per heavy atom. The third-order valence-electron chi connectivity index (χ3n) is 2.69. The number of aromatic amines is 1. The fourth-order valence-corrected chi connectivity index (χ4v) is 1.95. The molecule has 14 heavy (non-hydrogen) atoms. The van der Waals surface area contributed by atoms with Crippen LogP contribution >= 0.6 is 0 Å². The second-order valence-corrected chi connectivity index (χ2v) is 4.38. The van der Waals surface area contributed by atoms with Gasteiger partial charge in [-0.3, -0.25) is 0 Å². The smallest absolute Gasteiger partial charge is 0.352 e. The molecular formula is C10H14N2O2. The Morgan fingerprint density at radius 1 is 1.57 bits per heavy atom. The zero-order valence-electron chi connectivity index (χ0n) is 8.35. The van der Waals surface area contributed by atoms with Crippen molar-refractivity contribution < 1.29 is 9.90 Å². The van der Waals surface area contributed by atoms with Crippen LogP contribution in [0.2, 0.25) is 0 Å². The Kier molecular flexibility index (Phi) is 1.89. The molecule has 1 aromatic heterocycles. The Bertz CT molecular complexity index is 379. The first-order chi connectivity index (χ1) is 6.50. The van der Waals surface area contributed by atoms with Gasteiger partial charge in [-0.1, -0.05) is 13.8 Å². The number of carboxylic acid groups (broad SMARTS) is 1. The van der Waals surface area contributed by atoms with Crippen LogP contribution in [0.4, 0.5) is 0 Å². The van der Waals surface area contributed by atoms with Gasteiger partial charge < -0.3 is 15.4 Å². The Labute approximate surface area is 82.3 Å². The van der Waals surface area contributed by atoms with Crippen LogP contribution < -0.4 is 5.32 Å². The fourth-order valence-electron chi connectivity index (χ4n) is 1.95. The third-order valence-corrected chi connectivity index (χ3v) is 2.69. The Morgan fingerprint density at radius 3 is 2.86 bits per heavy atom. The van der Waals surface area contributed by atoms with Crippen molar-refractivity contribution >= 4 is 5.97 Å². The van der Waals surface area contributed by atoms with E-state index in [0.29, 0.717) is 0 Å². The van der Waals surface area contributed by atoms with Crippen molar-refractivity contribution in [2.24, 2.45) is 0 Å². The van der Waals surface area contributed by atoms with Crippen molar-refractivity contribution in [2.75, 3.05) is 6.54 Å². The number of nitrogens with one attached hydrogen (secondary N) is 2. The molecule has 2 heterocycles. The first-order valence-electron chi connectivity index (χ1n) is 4.67. The maximum Gasteiger partial charge on any atom is 0.352 e. The summed E-state index contributed by atoms with van der Waals surface area (Å²) in [6.45, 7) is 5.82. The highest BCUT2D eigenvalue weighted by Gasteiger charge is 2.30. The molecule has 0 aliphatic carbocycles. The zero-order chi connectivity index (χ0) is 10.3. The number of fused-ring (bicyclic) bond motifs is 1. The van der Waals surface area contributed by atoms with Crippen LogP contribution in [-0.4, -0.2) is 22.6 Å². The van der Waals surface area contributed by atoms with E-state index in [0.717, 1.165) is 24.3 Å². The monoisotopic (exact) mass is 194 g/mol. The number of H-pyrrole nitrogens is 1. The van der Waals surface area contributed by atoms with Gasteiger partial charge in [0.1, 0.15) is 5.69 Å². The largest absolute Gasteiger partial charge is 0.477 e. The first kappa shape index (κ1) is 9.27. The van der Waals surface area contributed by atoms with Crippen molar-refractivity contribution in [2.45, 2.75) is 25.8 Å². The fraction of sp³-hybridized carbons (Fsp3) is 0.500. The van der Waals surface area contributed by atoms with Crippen LogP contribution in [-0.2, 0) is 12.0 Å². The number of rotatable bonds is 1. The highest BCUT2D eigenvalue weighted by atomic mass is 16.4. The number of hydrogen-bond acceptors (Lipinski definition) is 2. The molecule has 76 valence electrons. The molecule has 0 unspecified atom stereocenters. The highest BCUT2D eigenvalue weighted by Crippen LogP contribution is 2.29. The van der Waals surface area contributed by atoms with Crippen molar-refractivity contribution in [3.63, 3.8) is 0 Å². The van der Waals surface area contributed by atoms with Gasteiger partial charge in [-0.15, -0.1) is 0 Å². The van der Waals surface area contributed by atoms with E-state index in [4.69, 9.17) is 5.11 Å². The summed E-state index contributed by atoms with van der Waals surface area (Å²) >= 11 is 0. The van der Waals surface area contributed by atoms with Gasteiger partial charge in [0.2, 0.25) is 0 Å². The van der Waals surface area contributed by atoms with E-state index in [2.05, 4.69) is 24.1 Å². The van der Waals surface area contributed by atoms with Crippen molar-refractivity contribution in [3.05, 3.63) is 23.0 Å². The summed E-state index contributed by atoms with van der Waals surface area (Å²) in [6, 6.07) is 1.71. The molecule has 0 aromatic carbocycles. The molecule has 0 saturated carbocycles. The Balaban J connectivity index is 2.49. The molecule has 0 amide bonds. The van der Waals surface area contributed by atoms with Crippen LogP contribution in [0.5, 0.6) is 0 Å². The lowest BCUT2D eigenvalue weighted by Crippen LogP contribution is -2.38. The van der Waals surface area contributed by atoms with Gasteiger partial charge in [0.05, 0.1) is 0 Å². The molecule has 0 bridgehead atoms. The molecule has 1 aliphatic rings. The molecule has 0 spiro atoms. The second kappa shape index (κ2) is 2.85. The molecule has 4 heteroatoms. The van der Waals surface area contributed by atoms with Gasteiger partial charge in [-0.2, -0.15) is 0 Å². The molecule has 0 fully saturated rings. The SMILES string of the molecule is CC1(C)CNCc2cc(C(=O)O)[nH]c21. The molecule has 1 aliphatic heterocycles. The molecule has 2 rings (SSSR count). The number of aromatic nitrogens is 1. The summed E-state index contributed by atoms with van der Waals surface area (Å²) in [5, 5.41) is 12.1. The minimum Gasteiger partial charge on any atom is -0.477 e. The van der Waals surface area contributed by atoms with Gasteiger partial charge >= 0.3 is 5.97 Å². The predicted octanol–water partition coefficient (Wildman–Crippen LogP) is 1.09. The lowest BCUT2D eigenvalue weighted by molar-refractivity contribution is 0.0691. The maximum absolute atomic E-state index is 10.8. The van der Waals surface area contributed by atoms with Crippen LogP contribution in [0.25, 0.3) is 0 Å². The van der Waals surface area contributed by atoms with Gasteiger partial charge in [0, 0.05) is 24.2 Å². The van der Waals surface area contributed by atoms with E-state index in [1.54, 1.807) is 6.07 Å². The normalized spacial score (nSPS) is 19.0. The van der Waals surface area contributed by atoms with Crippen molar-refractivity contribution in [1.29, 1.82) is 0 Å². The maximum atomic E-state index is 10.8. The molecule has 3 N–H and O–H groups in total. The number of hydrogen-bond donors (Lipinski definition) is 3. The lowest BCUT2D eigenvalue weighted by Gasteiger charge is -2.30. The van der Waals surface area contributed by atoms with E-state index in [1.165, 1.54) is 0 Å². The van der Waals surface area contributed by atoms with Gasteiger partial charge in [0.15, 0.2) is 0 Å². The summed E-state index contributed by atoms with van der Waals surface area (Å²) < 4.78 is 0. The van der Waals surface area contributed by atoms with E-state index in [1.807, 2.05) is 0 Å². The molecule has 1 aromatic rings. The van der Waals surface area contributed by atoms with Gasteiger partial charge in [-0.25, -0.2) is 4.79 Å². The van der Waals surface area contributed by atoms with Gasteiger partial charge in [0.25, 0.3) is 0 Å². The van der Waals surface area contributed by atoms with Crippen molar-refractivity contribution in [1.82, 2.24) is 10.3 Å². The van der Waals surface area contributed by atoms with E-state index in [9.17, 15) is 4.79 Å². The zero-order valence-corrected chi connectivity index (χ0v) is 8.35. The number of carboxylic acids is 1. The molecule has 4 nitrogen and oxygen atoms in total.